The highest BCUT2D eigenvalue weighted by molar-refractivity contribution is 5.78. The molecule has 1 heterocycles. The maximum atomic E-state index is 9.92. The van der Waals surface area contributed by atoms with Crippen LogP contribution in [0.4, 0.5) is 0 Å². The van der Waals surface area contributed by atoms with E-state index >= 15 is 0 Å². The summed E-state index contributed by atoms with van der Waals surface area (Å²) in [5.41, 5.74) is 5.36. The molecule has 0 aromatic carbocycles. The van der Waals surface area contributed by atoms with Crippen molar-refractivity contribution in [3.05, 3.63) is 0 Å². The van der Waals surface area contributed by atoms with Crippen molar-refractivity contribution in [3.63, 3.8) is 0 Å². The van der Waals surface area contributed by atoms with Gasteiger partial charge in [-0.25, -0.2) is 0 Å². The molecule has 0 radical (unpaired) electrons. The molecule has 0 spiro atoms. The Hall–Kier alpha value is -0.770. The van der Waals surface area contributed by atoms with Gasteiger partial charge < -0.3 is 15.7 Å². The molecule has 4 nitrogen and oxygen atoms in total. The predicted octanol–water partition coefficient (Wildman–Crippen LogP) is 0.948. The van der Waals surface area contributed by atoms with E-state index in [1.807, 2.05) is 6.92 Å². The third kappa shape index (κ3) is 4.08. The third-order valence-corrected chi connectivity index (χ3v) is 2.89. The standard InChI is InChI=1S/C11H23N3O/c1-3-7-13-10(12)14-8-4-5-11(2,15)6-9-14/h15H,3-9H2,1-2H3,(H2,12,13). The molecule has 0 aliphatic carbocycles. The van der Waals surface area contributed by atoms with Crippen LogP contribution in [0.5, 0.6) is 0 Å². The molecule has 0 aromatic heterocycles. The van der Waals surface area contributed by atoms with Crippen LogP contribution >= 0.6 is 0 Å². The van der Waals surface area contributed by atoms with Crippen molar-refractivity contribution in [2.45, 2.75) is 45.1 Å². The van der Waals surface area contributed by atoms with Crippen molar-refractivity contribution in [2.75, 3.05) is 19.6 Å². The van der Waals surface area contributed by atoms with Crippen LogP contribution in [0.3, 0.4) is 0 Å². The summed E-state index contributed by atoms with van der Waals surface area (Å²) in [5, 5.41) is 9.92. The normalized spacial score (nSPS) is 29.0. The molecular weight excluding hydrogens is 190 g/mol. The number of aliphatic imine (C=N–C) groups is 1. The summed E-state index contributed by atoms with van der Waals surface area (Å²) < 4.78 is 0. The molecule has 3 N–H and O–H groups in total. The number of hydrogen-bond acceptors (Lipinski definition) is 2. The maximum absolute atomic E-state index is 9.92. The molecule has 0 amide bonds. The molecule has 1 aliphatic heterocycles. The summed E-state index contributed by atoms with van der Waals surface area (Å²) in [7, 11) is 0. The second-order valence-corrected chi connectivity index (χ2v) is 4.58. The summed E-state index contributed by atoms with van der Waals surface area (Å²) in [6, 6.07) is 0. The second kappa shape index (κ2) is 5.35. The van der Waals surface area contributed by atoms with Crippen LogP contribution in [-0.2, 0) is 0 Å². The van der Waals surface area contributed by atoms with Gasteiger partial charge in [0, 0.05) is 19.6 Å². The van der Waals surface area contributed by atoms with Gasteiger partial charge in [-0.2, -0.15) is 0 Å². The van der Waals surface area contributed by atoms with Gasteiger partial charge in [-0.1, -0.05) is 6.92 Å². The van der Waals surface area contributed by atoms with Crippen molar-refractivity contribution in [3.8, 4) is 0 Å². The van der Waals surface area contributed by atoms with E-state index in [2.05, 4.69) is 16.8 Å². The molecule has 88 valence electrons. The van der Waals surface area contributed by atoms with E-state index in [1.54, 1.807) is 0 Å². The average Bonchev–Trinajstić information content (AvgIpc) is 2.36. The van der Waals surface area contributed by atoms with E-state index in [-0.39, 0.29) is 0 Å². The lowest BCUT2D eigenvalue weighted by Gasteiger charge is -2.23. The first-order valence-electron chi connectivity index (χ1n) is 5.82. The van der Waals surface area contributed by atoms with E-state index in [9.17, 15) is 5.11 Å². The van der Waals surface area contributed by atoms with Crippen molar-refractivity contribution < 1.29 is 5.11 Å². The number of likely N-dealkylation sites (tertiary alicyclic amines) is 1. The highest BCUT2D eigenvalue weighted by Gasteiger charge is 2.25. The van der Waals surface area contributed by atoms with Crippen LogP contribution in [0, 0.1) is 0 Å². The van der Waals surface area contributed by atoms with Crippen molar-refractivity contribution >= 4 is 5.96 Å². The highest BCUT2D eigenvalue weighted by atomic mass is 16.3. The lowest BCUT2D eigenvalue weighted by molar-refractivity contribution is 0.0462. The molecule has 15 heavy (non-hydrogen) atoms. The van der Waals surface area contributed by atoms with Gasteiger partial charge in [0.15, 0.2) is 5.96 Å². The lowest BCUT2D eigenvalue weighted by Crippen LogP contribution is -2.39. The Labute approximate surface area is 92.2 Å². The zero-order valence-corrected chi connectivity index (χ0v) is 9.87. The van der Waals surface area contributed by atoms with E-state index in [0.717, 1.165) is 45.3 Å². The van der Waals surface area contributed by atoms with E-state index in [4.69, 9.17) is 5.73 Å². The minimum absolute atomic E-state index is 0.528. The van der Waals surface area contributed by atoms with Gasteiger partial charge in [0.05, 0.1) is 5.60 Å². The van der Waals surface area contributed by atoms with E-state index in [1.165, 1.54) is 0 Å². The van der Waals surface area contributed by atoms with Crippen LogP contribution in [0.25, 0.3) is 0 Å². The molecule has 1 saturated heterocycles. The Morgan fingerprint density at radius 2 is 2.20 bits per heavy atom. The zero-order valence-electron chi connectivity index (χ0n) is 9.87. The molecule has 0 bridgehead atoms. The number of nitrogens with zero attached hydrogens (tertiary/aromatic N) is 2. The monoisotopic (exact) mass is 213 g/mol. The summed E-state index contributed by atoms with van der Waals surface area (Å²) in [6.45, 7) is 6.50. The van der Waals surface area contributed by atoms with E-state index < -0.39 is 5.60 Å². The summed E-state index contributed by atoms with van der Waals surface area (Å²) in [5.74, 6) is 0.634. The van der Waals surface area contributed by atoms with Crippen LogP contribution < -0.4 is 5.73 Å². The number of rotatable bonds is 2. The van der Waals surface area contributed by atoms with Gasteiger partial charge in [-0.15, -0.1) is 0 Å². The Morgan fingerprint density at radius 3 is 2.87 bits per heavy atom. The van der Waals surface area contributed by atoms with Gasteiger partial charge in [-0.3, -0.25) is 4.99 Å². The Morgan fingerprint density at radius 1 is 1.47 bits per heavy atom. The van der Waals surface area contributed by atoms with Crippen molar-refractivity contribution in [1.29, 1.82) is 0 Å². The molecule has 1 aliphatic rings. The largest absolute Gasteiger partial charge is 0.390 e. The summed E-state index contributed by atoms with van der Waals surface area (Å²) in [4.78, 5) is 6.37. The van der Waals surface area contributed by atoms with Gasteiger partial charge in [-0.05, 0) is 32.6 Å². The minimum atomic E-state index is -0.528. The molecule has 4 heteroatoms. The summed E-state index contributed by atoms with van der Waals surface area (Å²) in [6.07, 6.45) is 3.63. The van der Waals surface area contributed by atoms with Gasteiger partial charge in [0.1, 0.15) is 0 Å². The first-order chi connectivity index (χ1) is 7.05. The SMILES string of the molecule is CCCN=C(N)N1CCCC(C)(O)CC1. The molecule has 1 fully saturated rings. The molecule has 0 saturated carbocycles. The van der Waals surface area contributed by atoms with Crippen LogP contribution in [0.15, 0.2) is 4.99 Å². The van der Waals surface area contributed by atoms with Crippen molar-refractivity contribution in [1.82, 2.24) is 4.90 Å². The van der Waals surface area contributed by atoms with Gasteiger partial charge >= 0.3 is 0 Å². The molecular formula is C11H23N3O. The molecule has 1 rings (SSSR count). The predicted molar refractivity (Wildman–Crippen MR) is 62.8 cm³/mol. The average molecular weight is 213 g/mol. The Kier molecular flexibility index (Phi) is 4.39. The molecule has 1 unspecified atom stereocenters. The lowest BCUT2D eigenvalue weighted by atomic mass is 9.98. The first-order valence-corrected chi connectivity index (χ1v) is 5.82. The fourth-order valence-electron chi connectivity index (χ4n) is 1.82. The topological polar surface area (TPSA) is 61.8 Å². The Bertz CT molecular complexity index is 226. The zero-order chi connectivity index (χ0) is 11.3. The van der Waals surface area contributed by atoms with Gasteiger partial charge in [0.25, 0.3) is 0 Å². The number of guanidine groups is 1. The van der Waals surface area contributed by atoms with Gasteiger partial charge in [0.2, 0.25) is 0 Å². The first kappa shape index (κ1) is 12.3. The minimum Gasteiger partial charge on any atom is -0.390 e. The third-order valence-electron chi connectivity index (χ3n) is 2.89. The van der Waals surface area contributed by atoms with Crippen LogP contribution in [-0.4, -0.2) is 41.2 Å². The second-order valence-electron chi connectivity index (χ2n) is 4.58. The fraction of sp³-hybridized carbons (Fsp3) is 0.909. The number of aliphatic hydroxyl groups is 1. The van der Waals surface area contributed by atoms with E-state index in [0.29, 0.717) is 5.96 Å². The number of nitrogens with two attached hydrogens (primary N) is 1. The smallest absolute Gasteiger partial charge is 0.191 e. The molecule has 0 aromatic rings. The molecule has 1 atom stereocenters. The van der Waals surface area contributed by atoms with Crippen molar-refractivity contribution in [2.24, 2.45) is 10.7 Å². The maximum Gasteiger partial charge on any atom is 0.191 e. The van der Waals surface area contributed by atoms with Crippen LogP contribution in [0.2, 0.25) is 0 Å². The summed E-state index contributed by atoms with van der Waals surface area (Å²) >= 11 is 0. The number of hydrogen-bond donors (Lipinski definition) is 2. The quantitative estimate of drug-likeness (QED) is 0.530. The highest BCUT2D eigenvalue weighted by Crippen LogP contribution is 2.20. The van der Waals surface area contributed by atoms with Crippen LogP contribution in [0.1, 0.15) is 39.5 Å². The Balaban J connectivity index is 2.50. The fourth-order valence-corrected chi connectivity index (χ4v) is 1.82.